The molecule has 1 aliphatic rings. The standard InChI is InChI=1S/C24H25F2N3O4/c1-5-33-24(30)18-11-28-29(15-6-7-32-12-15)22(18)17-9-19(25)16(8-20(17)26)21-13(2)10-27-23(31-4)14(21)3/h8-11,15H,5-7,12H2,1-4H3/t15-/m0/s1. The van der Waals surface area contributed by atoms with Gasteiger partial charge in [-0.25, -0.2) is 18.6 Å². The largest absolute Gasteiger partial charge is 0.481 e. The third kappa shape index (κ3) is 4.08. The highest BCUT2D eigenvalue weighted by Crippen LogP contribution is 2.38. The van der Waals surface area contributed by atoms with Crippen LogP contribution in [0.3, 0.4) is 0 Å². The third-order valence-electron chi connectivity index (χ3n) is 5.78. The van der Waals surface area contributed by atoms with E-state index in [9.17, 15) is 4.79 Å². The third-order valence-corrected chi connectivity index (χ3v) is 5.78. The molecule has 0 amide bonds. The van der Waals surface area contributed by atoms with Crippen LogP contribution in [-0.4, -0.2) is 47.7 Å². The Hall–Kier alpha value is -3.33. The Kier molecular flexibility index (Phi) is 6.42. The van der Waals surface area contributed by atoms with Crippen LogP contribution in [0.5, 0.6) is 5.88 Å². The van der Waals surface area contributed by atoms with E-state index in [1.54, 1.807) is 27.0 Å². The van der Waals surface area contributed by atoms with Crippen molar-refractivity contribution in [2.75, 3.05) is 26.9 Å². The van der Waals surface area contributed by atoms with Crippen molar-refractivity contribution in [3.05, 3.63) is 52.9 Å². The van der Waals surface area contributed by atoms with Crippen molar-refractivity contribution in [2.24, 2.45) is 0 Å². The first-order chi connectivity index (χ1) is 15.9. The van der Waals surface area contributed by atoms with Crippen molar-refractivity contribution in [1.82, 2.24) is 14.8 Å². The molecule has 33 heavy (non-hydrogen) atoms. The zero-order valence-corrected chi connectivity index (χ0v) is 18.9. The van der Waals surface area contributed by atoms with Gasteiger partial charge < -0.3 is 14.2 Å². The lowest BCUT2D eigenvalue weighted by Gasteiger charge is -2.17. The van der Waals surface area contributed by atoms with Crippen molar-refractivity contribution in [3.8, 4) is 28.3 Å². The predicted octanol–water partition coefficient (Wildman–Crippen LogP) is 4.65. The molecule has 3 heterocycles. The van der Waals surface area contributed by atoms with Crippen LogP contribution < -0.4 is 4.74 Å². The van der Waals surface area contributed by atoms with Gasteiger partial charge in [-0.2, -0.15) is 5.10 Å². The maximum absolute atomic E-state index is 15.6. The van der Waals surface area contributed by atoms with E-state index < -0.39 is 17.6 Å². The normalized spacial score (nSPS) is 15.6. The van der Waals surface area contributed by atoms with Crippen LogP contribution in [0, 0.1) is 25.5 Å². The van der Waals surface area contributed by atoms with Crippen LogP contribution in [0.1, 0.15) is 40.9 Å². The summed E-state index contributed by atoms with van der Waals surface area (Å²) in [7, 11) is 1.47. The SMILES string of the molecule is CCOC(=O)c1cnn([C@H]2CCOC2)c1-c1cc(F)c(-c2c(C)cnc(OC)c2C)cc1F. The molecule has 0 unspecified atom stereocenters. The van der Waals surface area contributed by atoms with Crippen LogP contribution >= 0.6 is 0 Å². The fourth-order valence-electron chi connectivity index (χ4n) is 4.24. The number of methoxy groups -OCH3 is 1. The molecule has 3 aromatic rings. The molecule has 0 radical (unpaired) electrons. The molecule has 0 N–H and O–H groups in total. The van der Waals surface area contributed by atoms with Crippen molar-refractivity contribution in [2.45, 2.75) is 33.2 Å². The van der Waals surface area contributed by atoms with Gasteiger partial charge in [0.15, 0.2) is 0 Å². The summed E-state index contributed by atoms with van der Waals surface area (Å²) >= 11 is 0. The number of carbonyl (C=O) groups excluding carboxylic acids is 1. The molecule has 1 aliphatic heterocycles. The lowest BCUT2D eigenvalue weighted by molar-refractivity contribution is 0.0527. The van der Waals surface area contributed by atoms with Crippen LogP contribution in [-0.2, 0) is 9.47 Å². The van der Waals surface area contributed by atoms with E-state index >= 15 is 8.78 Å². The molecule has 0 saturated carbocycles. The van der Waals surface area contributed by atoms with E-state index in [-0.39, 0.29) is 35.0 Å². The number of aromatic nitrogens is 3. The number of pyridine rings is 1. The number of nitrogens with zero attached hydrogens (tertiary/aromatic N) is 3. The van der Waals surface area contributed by atoms with Gasteiger partial charge in [-0.3, -0.25) is 4.68 Å². The second kappa shape index (κ2) is 9.27. The summed E-state index contributed by atoms with van der Waals surface area (Å²) in [4.78, 5) is 16.8. The van der Waals surface area contributed by atoms with Gasteiger partial charge in [0.1, 0.15) is 17.2 Å². The minimum absolute atomic E-state index is 0.0694. The second-order valence-corrected chi connectivity index (χ2v) is 7.85. The number of benzene rings is 1. The topological polar surface area (TPSA) is 75.5 Å². The van der Waals surface area contributed by atoms with E-state index in [1.165, 1.54) is 18.0 Å². The Labute approximate surface area is 190 Å². The Morgan fingerprint density at radius 3 is 2.61 bits per heavy atom. The maximum atomic E-state index is 15.6. The molecule has 0 aliphatic carbocycles. The monoisotopic (exact) mass is 457 g/mol. The Morgan fingerprint density at radius 2 is 1.94 bits per heavy atom. The molecule has 174 valence electrons. The number of hydrogen-bond donors (Lipinski definition) is 0. The zero-order valence-electron chi connectivity index (χ0n) is 18.9. The average Bonchev–Trinajstić information content (AvgIpc) is 3.46. The number of aryl methyl sites for hydroxylation is 1. The van der Waals surface area contributed by atoms with Crippen LogP contribution in [0.2, 0.25) is 0 Å². The van der Waals surface area contributed by atoms with Crippen molar-refractivity contribution < 1.29 is 27.8 Å². The summed E-state index contributed by atoms with van der Waals surface area (Å²) in [6, 6.07) is 2.04. The molecular formula is C24H25F2N3O4. The molecule has 1 fully saturated rings. The zero-order chi connectivity index (χ0) is 23.7. The van der Waals surface area contributed by atoms with E-state index in [2.05, 4.69) is 10.1 Å². The molecule has 2 aromatic heterocycles. The van der Waals surface area contributed by atoms with Gasteiger partial charge in [-0.15, -0.1) is 0 Å². The lowest BCUT2D eigenvalue weighted by atomic mass is 9.94. The summed E-state index contributed by atoms with van der Waals surface area (Å²) in [6.07, 6.45) is 3.54. The van der Waals surface area contributed by atoms with Gasteiger partial charge >= 0.3 is 5.97 Å². The number of ether oxygens (including phenoxy) is 3. The average molecular weight is 457 g/mol. The van der Waals surface area contributed by atoms with Gasteiger partial charge in [0, 0.05) is 29.5 Å². The molecule has 0 bridgehead atoms. The molecule has 1 atom stereocenters. The minimum Gasteiger partial charge on any atom is -0.481 e. The van der Waals surface area contributed by atoms with Crippen molar-refractivity contribution >= 4 is 5.97 Å². The quantitative estimate of drug-likeness (QED) is 0.502. The molecule has 4 rings (SSSR count). The molecule has 1 aromatic carbocycles. The summed E-state index contributed by atoms with van der Waals surface area (Å²) in [6.45, 7) is 6.23. The Morgan fingerprint density at radius 1 is 1.21 bits per heavy atom. The highest BCUT2D eigenvalue weighted by Gasteiger charge is 2.29. The van der Waals surface area contributed by atoms with E-state index in [0.29, 0.717) is 42.2 Å². The summed E-state index contributed by atoms with van der Waals surface area (Å²) in [5, 5.41) is 4.30. The minimum atomic E-state index is -0.688. The molecule has 7 nitrogen and oxygen atoms in total. The highest BCUT2D eigenvalue weighted by molar-refractivity contribution is 5.96. The van der Waals surface area contributed by atoms with Crippen LogP contribution in [0.15, 0.2) is 24.5 Å². The highest BCUT2D eigenvalue weighted by atomic mass is 19.1. The summed E-state index contributed by atoms with van der Waals surface area (Å²) < 4.78 is 48.4. The van der Waals surface area contributed by atoms with Gasteiger partial charge in [-0.1, -0.05) is 0 Å². The van der Waals surface area contributed by atoms with Crippen molar-refractivity contribution in [1.29, 1.82) is 0 Å². The van der Waals surface area contributed by atoms with Crippen LogP contribution in [0.4, 0.5) is 8.78 Å². The first-order valence-corrected chi connectivity index (χ1v) is 10.7. The first-order valence-electron chi connectivity index (χ1n) is 10.7. The predicted molar refractivity (Wildman–Crippen MR) is 117 cm³/mol. The smallest absolute Gasteiger partial charge is 0.341 e. The van der Waals surface area contributed by atoms with Gasteiger partial charge in [0.2, 0.25) is 5.88 Å². The first kappa shape index (κ1) is 22.8. The molecule has 1 saturated heterocycles. The number of halogens is 2. The van der Waals surface area contributed by atoms with Gasteiger partial charge in [0.25, 0.3) is 0 Å². The fourth-order valence-corrected chi connectivity index (χ4v) is 4.24. The van der Waals surface area contributed by atoms with Gasteiger partial charge in [-0.05, 0) is 50.5 Å². The second-order valence-electron chi connectivity index (χ2n) is 7.85. The van der Waals surface area contributed by atoms with E-state index in [4.69, 9.17) is 14.2 Å². The summed E-state index contributed by atoms with van der Waals surface area (Å²) in [5.41, 5.74) is 2.05. The number of hydrogen-bond acceptors (Lipinski definition) is 6. The molecule has 9 heteroatoms. The van der Waals surface area contributed by atoms with Crippen LogP contribution in [0.25, 0.3) is 22.4 Å². The maximum Gasteiger partial charge on any atom is 0.341 e. The number of rotatable bonds is 6. The summed E-state index contributed by atoms with van der Waals surface area (Å²) in [5.74, 6) is -1.64. The Bertz CT molecular complexity index is 1200. The number of esters is 1. The van der Waals surface area contributed by atoms with E-state index in [1.807, 2.05) is 0 Å². The van der Waals surface area contributed by atoms with E-state index in [0.717, 1.165) is 12.1 Å². The fraction of sp³-hybridized carbons (Fsp3) is 0.375. The number of carbonyl (C=O) groups is 1. The van der Waals surface area contributed by atoms with Gasteiger partial charge in [0.05, 0.1) is 38.3 Å². The lowest BCUT2D eigenvalue weighted by Crippen LogP contribution is -2.14. The van der Waals surface area contributed by atoms with Crippen molar-refractivity contribution in [3.63, 3.8) is 0 Å². The molecular weight excluding hydrogens is 432 g/mol. The molecule has 0 spiro atoms. The Balaban J connectivity index is 1.89.